The molecule has 0 aliphatic heterocycles. The van der Waals surface area contributed by atoms with Gasteiger partial charge in [-0.25, -0.2) is 9.41 Å². The highest BCUT2D eigenvalue weighted by Crippen LogP contribution is 2.38. The van der Waals surface area contributed by atoms with Crippen LogP contribution < -0.4 is 36.5 Å². The van der Waals surface area contributed by atoms with Crippen molar-refractivity contribution in [1.82, 2.24) is 0 Å². The van der Waals surface area contributed by atoms with Crippen LogP contribution in [-0.4, -0.2) is 0 Å². The van der Waals surface area contributed by atoms with Crippen LogP contribution in [0.4, 0.5) is 5.69 Å². The predicted octanol–water partition coefficient (Wildman–Crippen LogP) is 21.4. The van der Waals surface area contributed by atoms with Gasteiger partial charge in [0, 0.05) is 190 Å². The predicted molar refractivity (Wildman–Crippen MR) is 472 cm³/mol. The number of benzene rings is 9. The number of para-hydroxylation sites is 3. The fourth-order valence-corrected chi connectivity index (χ4v) is 17.4. The third-order valence-corrected chi connectivity index (χ3v) is 23.4. The van der Waals surface area contributed by atoms with Crippen LogP contribution in [-0.2, 0) is 33.6 Å². The molecule has 17 aromatic rings. The molecule has 9 heteroatoms. The standard InChI is InChI=1S/C29H28N2.C28H32N2.C25H23N3.C24H24N2/c1-19-14-20(2)29(31-18-26-13-9-6-10-23(26)15-21(31)3)22(4)28(19)27-16-24-11-7-8-12-25(24)17-30(27)5;1-19-16-22-13-8-9-14-25(22)29(7)27(19)24-17-23(28(4,5)6)18-26(21(24)3)30-15-11-10-12-20(30)2;1-17-14-20-11-6-7-12-23(20)27(5)25(17)22-15-21(26-4)16-24(19(22)3)28-13-9-8-10-18(28)2;1-17-16-20-11-5-6-13-23(20)25(4)24(17)21-12-9-14-22(19(21)3)26-15-8-7-10-18(26)2/h6-18H,1-5H3;8-18H,1-7H3;6-16H,1-3,5H3;5-16H,1-4H3/q4*+2. The average Bonchev–Trinajstić information content (AvgIpc) is 0.763. The molecule has 9 nitrogen and oxygen atoms in total. The molecular formula is C106H107N9+8. The van der Waals surface area contributed by atoms with E-state index >= 15 is 0 Å². The monoisotopic (exact) mass is 1510 g/mol. The van der Waals surface area contributed by atoms with Crippen LogP contribution in [0.5, 0.6) is 0 Å². The Hall–Kier alpha value is -13.0. The molecule has 0 aliphatic carbocycles. The van der Waals surface area contributed by atoms with E-state index in [2.05, 4.69) is 442 Å². The number of aryl methyl sites for hydroxylation is 13. The molecule has 17 rings (SSSR count). The number of rotatable bonds is 8. The molecule has 0 fully saturated rings. The van der Waals surface area contributed by atoms with Crippen LogP contribution in [0.1, 0.15) is 99.2 Å². The highest BCUT2D eigenvalue weighted by atomic mass is 15.0. The Kier molecular flexibility index (Phi) is 22.3. The fraction of sp³-hybridized carbons (Fsp3) is 0.198. The number of hydrogen-bond acceptors (Lipinski definition) is 0. The number of pyridine rings is 8. The van der Waals surface area contributed by atoms with Crippen molar-refractivity contribution in [3.63, 3.8) is 0 Å². The molecule has 0 saturated heterocycles. The van der Waals surface area contributed by atoms with Crippen molar-refractivity contribution < 1.29 is 36.5 Å². The maximum absolute atomic E-state index is 7.63. The molecular weight excluding hydrogens is 1400 g/mol. The summed E-state index contributed by atoms with van der Waals surface area (Å²) >= 11 is 0. The zero-order valence-electron chi connectivity index (χ0n) is 70.7. The van der Waals surface area contributed by atoms with Crippen molar-refractivity contribution in [2.75, 3.05) is 0 Å². The van der Waals surface area contributed by atoms with Crippen LogP contribution in [0, 0.1) is 96.6 Å². The first-order valence-electron chi connectivity index (χ1n) is 40.0. The summed E-state index contributed by atoms with van der Waals surface area (Å²) in [4.78, 5) is 3.76. The summed E-state index contributed by atoms with van der Waals surface area (Å²) in [6, 6.07) is 90.7. The van der Waals surface area contributed by atoms with E-state index in [9.17, 15) is 0 Å². The molecule has 0 N–H and O–H groups in total. The van der Waals surface area contributed by atoms with Crippen molar-refractivity contribution in [1.29, 1.82) is 0 Å². The smallest absolute Gasteiger partial charge is 0.217 e. The van der Waals surface area contributed by atoms with Crippen LogP contribution in [0.15, 0.2) is 286 Å². The van der Waals surface area contributed by atoms with E-state index in [1.165, 1.54) is 178 Å². The van der Waals surface area contributed by atoms with Gasteiger partial charge >= 0.3 is 0 Å². The second kappa shape index (κ2) is 32.6. The van der Waals surface area contributed by atoms with Crippen LogP contribution in [0.3, 0.4) is 0 Å². The Balaban J connectivity index is 0.000000127. The minimum Gasteiger partial charge on any atom is -0.238 e. The second-order valence-electron chi connectivity index (χ2n) is 32.3. The van der Waals surface area contributed by atoms with E-state index < -0.39 is 0 Å². The molecule has 8 aromatic heterocycles. The van der Waals surface area contributed by atoms with Gasteiger partial charge in [-0.1, -0.05) is 118 Å². The summed E-state index contributed by atoms with van der Waals surface area (Å²) in [5, 5.41) is 8.84. The van der Waals surface area contributed by atoms with Crippen LogP contribution in [0.2, 0.25) is 0 Å². The number of hydrogen-bond donors (Lipinski definition) is 0. The molecule has 0 spiro atoms. The third-order valence-electron chi connectivity index (χ3n) is 23.4. The topological polar surface area (TPSA) is 35.4 Å². The summed E-state index contributed by atoms with van der Waals surface area (Å²) in [5.74, 6) is 0. The molecule has 0 atom stereocenters. The van der Waals surface area contributed by atoms with Gasteiger partial charge in [-0.05, 0) is 162 Å². The number of nitrogens with zero attached hydrogens (tertiary/aromatic N) is 9. The second-order valence-corrected chi connectivity index (χ2v) is 32.3. The van der Waals surface area contributed by atoms with E-state index in [1.807, 2.05) is 24.3 Å². The quantitative estimate of drug-likeness (QED) is 0.107. The minimum absolute atomic E-state index is 0.0593. The first-order chi connectivity index (χ1) is 55.2. The molecule has 9 aromatic carbocycles. The summed E-state index contributed by atoms with van der Waals surface area (Å²) in [5.41, 5.74) is 36.8. The molecule has 115 heavy (non-hydrogen) atoms. The van der Waals surface area contributed by atoms with Crippen molar-refractivity contribution in [2.45, 2.75) is 116 Å². The first kappa shape index (κ1) is 78.6. The molecule has 8 heterocycles. The lowest BCUT2D eigenvalue weighted by atomic mass is 9.83. The Morgan fingerprint density at radius 2 is 0.696 bits per heavy atom. The largest absolute Gasteiger partial charge is 0.238 e. The molecule has 0 amide bonds. The Bertz CT molecular complexity index is 6640. The SMILES string of the molecule is Cc1cc(C)c(-[n+]2cc3ccccc3cc2C)c(C)c1-c1cc2ccccc2c[n+]1C.Cc1cc2ccccc2[n+](C)c1-c1cc(C(C)(C)C)cc(-[n+]2ccccc2C)c1C.Cc1cc2ccccc2[n+](C)c1-c1cccc(-[n+]2ccccc2C)c1C.[C-]#[N+]c1cc(-c2c(C)cc3ccccc3[n+]2C)c(C)c(-[n+]2ccccc2C)c1. The minimum atomic E-state index is 0.0593. The van der Waals surface area contributed by atoms with Gasteiger partial charge in [-0.3, -0.25) is 0 Å². The van der Waals surface area contributed by atoms with Gasteiger partial charge in [0.15, 0.2) is 59.4 Å². The van der Waals surface area contributed by atoms with Gasteiger partial charge in [-0.2, -0.15) is 32.0 Å². The van der Waals surface area contributed by atoms with Crippen LogP contribution >= 0.6 is 0 Å². The van der Waals surface area contributed by atoms with Crippen molar-refractivity contribution in [3.8, 4) is 67.8 Å². The van der Waals surface area contributed by atoms with Gasteiger partial charge in [0.2, 0.25) is 62.1 Å². The number of aromatic nitrogens is 8. The zero-order chi connectivity index (χ0) is 81.4. The van der Waals surface area contributed by atoms with E-state index in [-0.39, 0.29) is 5.41 Å². The Morgan fingerprint density at radius 3 is 1.17 bits per heavy atom. The molecule has 0 aliphatic rings. The van der Waals surface area contributed by atoms with Gasteiger partial charge in [0.25, 0.3) is 0 Å². The normalized spacial score (nSPS) is 11.3. The lowest BCUT2D eigenvalue weighted by Crippen LogP contribution is -2.37. The van der Waals surface area contributed by atoms with Crippen molar-refractivity contribution in [2.24, 2.45) is 28.2 Å². The van der Waals surface area contributed by atoms with Gasteiger partial charge < -0.3 is 0 Å². The summed E-state index contributed by atoms with van der Waals surface area (Å²) < 4.78 is 18.3. The van der Waals surface area contributed by atoms with E-state index in [0.717, 1.165) is 22.6 Å². The third kappa shape index (κ3) is 15.5. The lowest BCUT2D eigenvalue weighted by Gasteiger charge is -2.21. The Labute approximate surface area is 680 Å². The summed E-state index contributed by atoms with van der Waals surface area (Å²) in [7, 11) is 8.61. The summed E-state index contributed by atoms with van der Waals surface area (Å²) in [6.45, 7) is 43.0. The van der Waals surface area contributed by atoms with Gasteiger partial charge in [0.05, 0.1) is 23.3 Å². The van der Waals surface area contributed by atoms with E-state index in [0.29, 0.717) is 5.69 Å². The molecule has 0 bridgehead atoms. The fourth-order valence-electron chi connectivity index (χ4n) is 17.4. The van der Waals surface area contributed by atoms with Gasteiger partial charge in [0.1, 0.15) is 28.2 Å². The highest BCUT2D eigenvalue weighted by Gasteiger charge is 2.32. The van der Waals surface area contributed by atoms with Gasteiger partial charge in [-0.15, -0.1) is 0 Å². The lowest BCUT2D eigenvalue weighted by molar-refractivity contribution is -0.659. The first-order valence-corrected chi connectivity index (χ1v) is 40.0. The van der Waals surface area contributed by atoms with Crippen LogP contribution in [0.25, 0.3) is 127 Å². The van der Waals surface area contributed by atoms with E-state index in [1.54, 1.807) is 0 Å². The average molecular weight is 1510 g/mol. The van der Waals surface area contributed by atoms with E-state index in [4.69, 9.17) is 6.57 Å². The highest BCUT2D eigenvalue weighted by molar-refractivity contribution is 5.87. The maximum Gasteiger partial charge on any atom is 0.217 e. The molecule has 0 saturated carbocycles. The van der Waals surface area contributed by atoms with Crippen molar-refractivity contribution in [3.05, 3.63) is 376 Å². The zero-order valence-corrected chi connectivity index (χ0v) is 70.7. The maximum atomic E-state index is 7.63. The molecule has 568 valence electrons. The molecule has 0 unspecified atom stereocenters. The number of fused-ring (bicyclic) bond motifs is 5. The van der Waals surface area contributed by atoms with Crippen molar-refractivity contribution >= 4 is 59.9 Å². The Morgan fingerprint density at radius 1 is 0.296 bits per heavy atom. The summed E-state index contributed by atoms with van der Waals surface area (Å²) in [6.07, 6.45) is 10.9. The molecule has 0 radical (unpaired) electrons.